The molecule has 0 radical (unpaired) electrons. The Bertz CT molecular complexity index is 753. The van der Waals surface area contributed by atoms with Gasteiger partial charge in [0.25, 0.3) is 0 Å². The largest absolute Gasteiger partial charge is 0.367 e. The average molecular weight is 330 g/mol. The van der Waals surface area contributed by atoms with E-state index in [1.54, 1.807) is 12.4 Å². The summed E-state index contributed by atoms with van der Waals surface area (Å²) in [6.07, 6.45) is 3.44. The van der Waals surface area contributed by atoms with E-state index in [0.29, 0.717) is 5.88 Å². The number of aromatic nitrogens is 2. The first-order valence-corrected chi connectivity index (χ1v) is 6.88. The van der Waals surface area contributed by atoms with Gasteiger partial charge in [0, 0.05) is 22.4 Å². The van der Waals surface area contributed by atoms with Crippen molar-refractivity contribution in [3.8, 4) is 22.4 Å². The number of nitrogens with two attached hydrogens (primary N) is 1. The maximum atomic E-state index is 5.94. The Labute approximate surface area is 124 Å². The van der Waals surface area contributed by atoms with Crippen molar-refractivity contribution in [2.24, 2.45) is 0 Å². The van der Waals surface area contributed by atoms with Crippen molar-refractivity contribution in [2.75, 3.05) is 5.73 Å². The Hall–Kier alpha value is -2.14. The molecule has 3 rings (SSSR count). The average Bonchev–Trinajstić information content (AvgIpc) is 2.84. The Morgan fingerprint density at radius 2 is 1.90 bits per heavy atom. The molecule has 0 saturated heterocycles. The summed E-state index contributed by atoms with van der Waals surface area (Å²) < 4.78 is 6.18. The summed E-state index contributed by atoms with van der Waals surface area (Å²) in [6, 6.07) is 9.81. The molecule has 5 heteroatoms. The minimum absolute atomic E-state index is 0.311. The Balaban J connectivity index is 2.24. The quantitative estimate of drug-likeness (QED) is 0.770. The molecule has 0 unspecified atom stereocenters. The normalized spacial score (nSPS) is 10.7. The van der Waals surface area contributed by atoms with Crippen LogP contribution in [0.1, 0.15) is 5.56 Å². The molecule has 2 aromatic heterocycles. The summed E-state index contributed by atoms with van der Waals surface area (Å²) in [5.41, 5.74) is 10.5. The van der Waals surface area contributed by atoms with E-state index in [9.17, 15) is 0 Å². The fourth-order valence-corrected chi connectivity index (χ4v) is 2.49. The van der Waals surface area contributed by atoms with E-state index in [1.165, 1.54) is 0 Å². The molecule has 1 aromatic carbocycles. The lowest BCUT2D eigenvalue weighted by Gasteiger charge is -2.06. The molecule has 0 spiro atoms. The summed E-state index contributed by atoms with van der Waals surface area (Å²) in [5, 5.41) is 4.12. The Kier molecular flexibility index (Phi) is 3.28. The van der Waals surface area contributed by atoms with Crippen LogP contribution in [0.25, 0.3) is 22.4 Å². The van der Waals surface area contributed by atoms with Gasteiger partial charge in [0.15, 0.2) is 0 Å². The van der Waals surface area contributed by atoms with Crippen LogP contribution < -0.4 is 5.73 Å². The highest BCUT2D eigenvalue weighted by molar-refractivity contribution is 9.10. The van der Waals surface area contributed by atoms with E-state index in [2.05, 4.69) is 26.1 Å². The second kappa shape index (κ2) is 5.09. The molecule has 100 valence electrons. The van der Waals surface area contributed by atoms with Crippen LogP contribution in [0.15, 0.2) is 51.7 Å². The number of rotatable bonds is 2. The minimum Gasteiger partial charge on any atom is -0.367 e. The predicted molar refractivity (Wildman–Crippen MR) is 82.0 cm³/mol. The molecular weight excluding hydrogens is 318 g/mol. The summed E-state index contributed by atoms with van der Waals surface area (Å²) in [6.45, 7) is 2.03. The molecule has 3 aromatic rings. The van der Waals surface area contributed by atoms with Crippen molar-refractivity contribution in [3.63, 3.8) is 0 Å². The first kappa shape index (κ1) is 12.9. The topological polar surface area (TPSA) is 64.9 Å². The van der Waals surface area contributed by atoms with Gasteiger partial charge in [-0.25, -0.2) is 0 Å². The Morgan fingerprint density at radius 1 is 1.15 bits per heavy atom. The van der Waals surface area contributed by atoms with Crippen LogP contribution in [0.2, 0.25) is 0 Å². The van der Waals surface area contributed by atoms with Crippen molar-refractivity contribution >= 4 is 21.8 Å². The monoisotopic (exact) mass is 329 g/mol. The molecule has 0 amide bonds. The first-order valence-electron chi connectivity index (χ1n) is 6.09. The number of hydrogen-bond acceptors (Lipinski definition) is 4. The van der Waals surface area contributed by atoms with Gasteiger partial charge in [0.05, 0.1) is 5.56 Å². The van der Waals surface area contributed by atoms with Crippen LogP contribution in [0.4, 0.5) is 5.88 Å². The summed E-state index contributed by atoms with van der Waals surface area (Å²) in [5.74, 6) is 0.311. The van der Waals surface area contributed by atoms with E-state index in [-0.39, 0.29) is 0 Å². The van der Waals surface area contributed by atoms with Crippen LogP contribution in [0.5, 0.6) is 0 Å². The highest BCUT2D eigenvalue weighted by atomic mass is 79.9. The van der Waals surface area contributed by atoms with Gasteiger partial charge in [0.1, 0.15) is 5.69 Å². The number of aryl methyl sites for hydroxylation is 1. The van der Waals surface area contributed by atoms with Gasteiger partial charge in [0.2, 0.25) is 5.88 Å². The van der Waals surface area contributed by atoms with Crippen molar-refractivity contribution in [1.29, 1.82) is 0 Å². The van der Waals surface area contributed by atoms with Crippen LogP contribution in [0.3, 0.4) is 0 Å². The van der Waals surface area contributed by atoms with Crippen molar-refractivity contribution in [1.82, 2.24) is 10.1 Å². The third-order valence-corrected chi connectivity index (χ3v) is 3.64. The maximum Gasteiger partial charge on any atom is 0.230 e. The Morgan fingerprint density at radius 3 is 2.65 bits per heavy atom. The molecular formula is C15H12BrN3O. The summed E-state index contributed by atoms with van der Waals surface area (Å²) in [4.78, 5) is 4.02. The first-order chi connectivity index (χ1) is 9.66. The molecule has 0 atom stereocenters. The van der Waals surface area contributed by atoms with Crippen molar-refractivity contribution in [3.05, 3.63) is 52.8 Å². The van der Waals surface area contributed by atoms with Gasteiger partial charge in [-0.3, -0.25) is 4.98 Å². The predicted octanol–water partition coefficient (Wildman–Crippen LogP) is 4.06. The van der Waals surface area contributed by atoms with Gasteiger partial charge in [-0.15, -0.1) is 0 Å². The van der Waals surface area contributed by atoms with E-state index >= 15 is 0 Å². The standard InChI is InChI=1S/C15H12BrN3O/c1-9-2-3-11(16)8-12(9)14-13(15(17)20-19-14)10-4-6-18-7-5-10/h2-8H,17H2,1H3. The number of hydrogen-bond donors (Lipinski definition) is 1. The van der Waals surface area contributed by atoms with Crippen LogP contribution in [0, 0.1) is 6.92 Å². The molecule has 0 saturated carbocycles. The number of anilines is 1. The molecule has 20 heavy (non-hydrogen) atoms. The zero-order valence-electron chi connectivity index (χ0n) is 10.8. The molecule has 4 nitrogen and oxygen atoms in total. The van der Waals surface area contributed by atoms with Gasteiger partial charge in [-0.1, -0.05) is 27.2 Å². The highest BCUT2D eigenvalue weighted by Gasteiger charge is 2.18. The molecule has 2 heterocycles. The fourth-order valence-electron chi connectivity index (χ4n) is 2.13. The van der Waals surface area contributed by atoms with Gasteiger partial charge in [-0.05, 0) is 42.3 Å². The van der Waals surface area contributed by atoms with Crippen molar-refractivity contribution < 1.29 is 4.52 Å². The smallest absolute Gasteiger partial charge is 0.230 e. The van der Waals surface area contributed by atoms with E-state index in [1.807, 2.05) is 37.3 Å². The lowest BCUT2D eigenvalue weighted by Crippen LogP contribution is -1.90. The maximum absolute atomic E-state index is 5.94. The zero-order chi connectivity index (χ0) is 14.1. The fraction of sp³-hybridized carbons (Fsp3) is 0.0667. The van der Waals surface area contributed by atoms with Gasteiger partial charge >= 0.3 is 0 Å². The molecule has 0 aliphatic rings. The minimum atomic E-state index is 0.311. The lowest BCUT2D eigenvalue weighted by atomic mass is 9.99. The van der Waals surface area contributed by atoms with Gasteiger partial charge < -0.3 is 10.3 Å². The zero-order valence-corrected chi connectivity index (χ0v) is 12.4. The van der Waals surface area contributed by atoms with E-state index in [4.69, 9.17) is 10.3 Å². The summed E-state index contributed by atoms with van der Waals surface area (Å²) in [7, 11) is 0. The molecule has 0 aliphatic heterocycles. The number of nitrogen functional groups attached to an aromatic ring is 1. The number of halogens is 1. The highest BCUT2D eigenvalue weighted by Crippen LogP contribution is 2.37. The number of benzene rings is 1. The number of nitrogens with zero attached hydrogens (tertiary/aromatic N) is 2. The van der Waals surface area contributed by atoms with Crippen LogP contribution >= 0.6 is 15.9 Å². The van der Waals surface area contributed by atoms with Gasteiger partial charge in [-0.2, -0.15) is 0 Å². The van der Waals surface area contributed by atoms with Crippen LogP contribution in [-0.4, -0.2) is 10.1 Å². The SMILES string of the molecule is Cc1ccc(Br)cc1-c1noc(N)c1-c1ccncc1. The number of pyridine rings is 1. The van der Waals surface area contributed by atoms with E-state index < -0.39 is 0 Å². The molecule has 0 aliphatic carbocycles. The molecule has 2 N–H and O–H groups in total. The van der Waals surface area contributed by atoms with E-state index in [0.717, 1.165) is 32.4 Å². The second-order valence-corrected chi connectivity index (χ2v) is 5.38. The third kappa shape index (κ3) is 2.20. The van der Waals surface area contributed by atoms with Crippen molar-refractivity contribution in [2.45, 2.75) is 6.92 Å². The third-order valence-electron chi connectivity index (χ3n) is 3.14. The molecule has 0 fully saturated rings. The molecule has 0 bridgehead atoms. The second-order valence-electron chi connectivity index (χ2n) is 4.47. The lowest BCUT2D eigenvalue weighted by molar-refractivity contribution is 0.439. The van der Waals surface area contributed by atoms with Crippen LogP contribution in [-0.2, 0) is 0 Å². The summed E-state index contributed by atoms with van der Waals surface area (Å²) >= 11 is 3.48.